The van der Waals surface area contributed by atoms with Gasteiger partial charge in [0.05, 0.1) is 20.9 Å². The minimum absolute atomic E-state index is 0.222. The fourth-order valence-corrected chi connectivity index (χ4v) is 8.09. The summed E-state index contributed by atoms with van der Waals surface area (Å²) in [5, 5.41) is 5.50. The lowest BCUT2D eigenvalue weighted by atomic mass is 9.67. The lowest BCUT2D eigenvalue weighted by Crippen LogP contribution is -2.33. The van der Waals surface area contributed by atoms with Crippen LogP contribution < -0.4 is 9.46 Å². The van der Waals surface area contributed by atoms with Crippen molar-refractivity contribution in [2.75, 3.05) is 0 Å². The zero-order valence-electron chi connectivity index (χ0n) is 23.6. The van der Waals surface area contributed by atoms with E-state index in [2.05, 4.69) is 9.88 Å². The lowest BCUT2D eigenvalue weighted by Gasteiger charge is -2.38. The van der Waals surface area contributed by atoms with Crippen molar-refractivity contribution in [3.8, 4) is 17.0 Å². The quantitative estimate of drug-likeness (QED) is 0.181. The first-order valence-corrected chi connectivity index (χ1v) is 17.4. The van der Waals surface area contributed by atoms with Crippen molar-refractivity contribution in [1.82, 2.24) is 9.88 Å². The maximum atomic E-state index is 12.5. The van der Waals surface area contributed by atoms with E-state index in [0.717, 1.165) is 48.1 Å². The zero-order valence-corrected chi connectivity index (χ0v) is 26.6. The number of aromatic nitrogens is 1. The summed E-state index contributed by atoms with van der Waals surface area (Å²) >= 11 is 19.8. The van der Waals surface area contributed by atoms with E-state index in [0.29, 0.717) is 56.4 Å². The van der Waals surface area contributed by atoms with E-state index in [9.17, 15) is 13.2 Å². The number of hydrogen-bond donors (Lipinski definition) is 1. The summed E-state index contributed by atoms with van der Waals surface area (Å²) in [6.45, 7) is 0.232. The first kappa shape index (κ1) is 29.7. The Kier molecular flexibility index (Phi) is 7.90. The maximum Gasteiger partial charge on any atom is 0.264 e. The lowest BCUT2D eigenvalue weighted by molar-refractivity contribution is 0.0981. The highest BCUT2D eigenvalue weighted by molar-refractivity contribution is 7.91. The summed E-state index contributed by atoms with van der Waals surface area (Å²) in [6, 6.07) is 18.3. The molecule has 0 saturated heterocycles. The van der Waals surface area contributed by atoms with Crippen LogP contribution in [0.3, 0.4) is 0 Å². The van der Waals surface area contributed by atoms with Crippen molar-refractivity contribution in [2.24, 2.45) is 0 Å². The second-order valence-corrected chi connectivity index (χ2v) is 15.0. The molecule has 4 aromatic rings. The van der Waals surface area contributed by atoms with Crippen LogP contribution in [-0.2, 0) is 16.6 Å². The maximum absolute atomic E-state index is 12.5. The van der Waals surface area contributed by atoms with Crippen LogP contribution in [0.25, 0.3) is 11.3 Å². The third-order valence-electron chi connectivity index (χ3n) is 8.79. The van der Waals surface area contributed by atoms with Gasteiger partial charge in [-0.1, -0.05) is 64.2 Å². The van der Waals surface area contributed by atoms with Gasteiger partial charge in [0.25, 0.3) is 5.91 Å². The number of halogens is 3. The molecule has 7 nitrogen and oxygen atoms in total. The number of nitrogens with one attached hydrogen (secondary N) is 1. The molecule has 1 amide bonds. The molecule has 7 rings (SSSR count). The molecule has 44 heavy (non-hydrogen) atoms. The summed E-state index contributed by atoms with van der Waals surface area (Å²) in [6.07, 6.45) is 5.26. The first-order chi connectivity index (χ1) is 21.2. The number of benzene rings is 3. The Morgan fingerprint density at radius 1 is 0.886 bits per heavy atom. The van der Waals surface area contributed by atoms with Crippen LogP contribution in [0.2, 0.25) is 15.1 Å². The molecular weight excluding hydrogens is 643 g/mol. The van der Waals surface area contributed by atoms with Crippen LogP contribution in [0.15, 0.2) is 65.2 Å². The molecule has 1 N–H and O–H groups in total. The molecule has 3 fully saturated rings. The van der Waals surface area contributed by atoms with Crippen LogP contribution in [0, 0.1) is 0 Å². The van der Waals surface area contributed by atoms with Gasteiger partial charge in [-0.05, 0) is 97.9 Å². The van der Waals surface area contributed by atoms with Gasteiger partial charge >= 0.3 is 0 Å². The van der Waals surface area contributed by atoms with Gasteiger partial charge in [-0.15, -0.1) is 0 Å². The van der Waals surface area contributed by atoms with Crippen LogP contribution >= 0.6 is 34.8 Å². The van der Waals surface area contributed by atoms with Gasteiger partial charge in [0, 0.05) is 22.1 Å². The van der Waals surface area contributed by atoms with Crippen LogP contribution in [0.1, 0.15) is 89.1 Å². The number of rotatable bonds is 10. The molecular formula is C33H29Cl3N2O5S. The Morgan fingerprint density at radius 2 is 1.59 bits per heavy atom. The third-order valence-corrected chi connectivity index (χ3v) is 11.6. The number of amides is 1. The van der Waals surface area contributed by atoms with Crippen molar-refractivity contribution >= 4 is 50.7 Å². The molecule has 0 bridgehead atoms. The minimum Gasteiger partial charge on any atom is -0.489 e. The summed E-state index contributed by atoms with van der Waals surface area (Å²) in [5.74, 6) is 1.63. The van der Waals surface area contributed by atoms with Gasteiger partial charge in [0.1, 0.15) is 23.8 Å². The highest BCUT2D eigenvalue weighted by Crippen LogP contribution is 2.51. The second-order valence-electron chi connectivity index (χ2n) is 11.8. The highest BCUT2D eigenvalue weighted by atomic mass is 35.5. The van der Waals surface area contributed by atoms with Crippen molar-refractivity contribution in [2.45, 2.75) is 68.1 Å². The normalized spacial score (nSPS) is 19.8. The Labute approximate surface area is 270 Å². The number of hydrogen-bond acceptors (Lipinski definition) is 6. The molecule has 3 saturated carbocycles. The summed E-state index contributed by atoms with van der Waals surface area (Å²) in [5.41, 5.74) is 4.52. The molecule has 1 heterocycles. The molecule has 3 aliphatic carbocycles. The molecule has 1 aromatic heterocycles. The average molecular weight is 672 g/mol. The standard InChI is InChI=1S/C33H29Cl3N2O5S/c34-27-2-1-3-28(35)30(27)31-26(32(43-37-31)19-6-7-19)17-42-21-10-13-25(29(36)16-21)24-15-14-23(24)18-4-8-20(9-5-18)33(39)38-44(40,41)22-11-12-22/h1-5,8-10,13,16,19,22-24H,6-7,11-12,14-15,17H2,(H,38,39)/t23-,24+/m0/s1. The molecule has 0 spiro atoms. The summed E-state index contributed by atoms with van der Waals surface area (Å²) < 4.78 is 38.4. The van der Waals surface area contributed by atoms with Crippen molar-refractivity contribution in [3.05, 3.63) is 104 Å². The van der Waals surface area contributed by atoms with E-state index < -0.39 is 21.2 Å². The monoisotopic (exact) mass is 670 g/mol. The van der Waals surface area contributed by atoms with Gasteiger partial charge in [0.15, 0.2) is 0 Å². The predicted octanol–water partition coefficient (Wildman–Crippen LogP) is 8.64. The highest BCUT2D eigenvalue weighted by Gasteiger charge is 2.38. The number of carbonyl (C=O) groups is 1. The topological polar surface area (TPSA) is 98.5 Å². The molecule has 11 heteroatoms. The third kappa shape index (κ3) is 5.85. The van der Waals surface area contributed by atoms with Gasteiger partial charge in [-0.3, -0.25) is 4.79 Å². The van der Waals surface area contributed by atoms with E-state index >= 15 is 0 Å². The number of sulfonamides is 1. The first-order valence-electron chi connectivity index (χ1n) is 14.7. The van der Waals surface area contributed by atoms with Gasteiger partial charge in [0.2, 0.25) is 10.0 Å². The van der Waals surface area contributed by atoms with E-state index in [4.69, 9.17) is 44.1 Å². The fraction of sp³-hybridized carbons (Fsp3) is 0.333. The number of nitrogens with zero attached hydrogens (tertiary/aromatic N) is 1. The molecule has 0 unspecified atom stereocenters. The zero-order chi connectivity index (χ0) is 30.6. The van der Waals surface area contributed by atoms with Crippen LogP contribution in [0.4, 0.5) is 0 Å². The summed E-state index contributed by atoms with van der Waals surface area (Å²) in [7, 11) is -3.59. The summed E-state index contributed by atoms with van der Waals surface area (Å²) in [4.78, 5) is 12.5. The minimum atomic E-state index is -3.59. The second kappa shape index (κ2) is 11.7. The van der Waals surface area contributed by atoms with Crippen molar-refractivity contribution in [3.63, 3.8) is 0 Å². The molecule has 0 radical (unpaired) electrons. The van der Waals surface area contributed by atoms with Crippen LogP contribution in [0.5, 0.6) is 5.75 Å². The molecule has 228 valence electrons. The van der Waals surface area contributed by atoms with Gasteiger partial charge < -0.3 is 9.26 Å². The van der Waals surface area contributed by atoms with Crippen LogP contribution in [-0.4, -0.2) is 24.7 Å². The Hall–Kier alpha value is -3.04. The van der Waals surface area contributed by atoms with E-state index in [1.54, 1.807) is 30.3 Å². The molecule has 3 aliphatic rings. The SMILES string of the molecule is O=C(NS(=O)(=O)C1CC1)c1ccc([C@@H]2CC[C@H]2c2ccc(OCc3c(-c4c(Cl)cccc4Cl)noc3C3CC3)cc2Cl)cc1. The van der Waals surface area contributed by atoms with Crippen molar-refractivity contribution in [1.29, 1.82) is 0 Å². The largest absolute Gasteiger partial charge is 0.489 e. The molecule has 0 aliphatic heterocycles. The average Bonchev–Trinajstić information content (AvgIpc) is 3.90. The smallest absolute Gasteiger partial charge is 0.264 e. The molecule has 3 aromatic carbocycles. The molecule has 2 atom stereocenters. The fourth-order valence-electron chi connectivity index (χ4n) is 5.90. The number of ether oxygens (including phenoxy) is 1. The van der Waals surface area contributed by atoms with Crippen molar-refractivity contribution < 1.29 is 22.5 Å². The number of carbonyl (C=O) groups excluding carboxylic acids is 1. The Bertz CT molecular complexity index is 1830. The predicted molar refractivity (Wildman–Crippen MR) is 170 cm³/mol. The van der Waals surface area contributed by atoms with E-state index in [-0.39, 0.29) is 18.4 Å². The van der Waals surface area contributed by atoms with E-state index in [1.807, 2.05) is 30.3 Å². The Balaban J connectivity index is 1.04. The Morgan fingerprint density at radius 3 is 2.20 bits per heavy atom. The van der Waals surface area contributed by atoms with Gasteiger partial charge in [-0.25, -0.2) is 13.1 Å². The van der Waals surface area contributed by atoms with E-state index in [1.165, 1.54) is 0 Å². The van der Waals surface area contributed by atoms with Gasteiger partial charge in [-0.2, -0.15) is 0 Å².